The second-order valence-electron chi connectivity index (χ2n) is 2.90. The fourth-order valence-corrected chi connectivity index (χ4v) is 1.67. The number of allylic oxidation sites excluding steroid dienone is 4. The highest BCUT2D eigenvalue weighted by Crippen LogP contribution is 2.15. The molecule has 0 aromatic heterocycles. The maximum Gasteiger partial charge on any atom is 0.00314 e. The summed E-state index contributed by atoms with van der Waals surface area (Å²) in [6.45, 7) is 0. The van der Waals surface area contributed by atoms with E-state index < -0.39 is 0 Å². The summed E-state index contributed by atoms with van der Waals surface area (Å²) in [5, 5.41) is 1.14. The number of halogens is 1. The Hall–Kier alpha value is -0.0400. The molecule has 0 aliphatic heterocycles. The first-order chi connectivity index (χ1) is 5.43. The second-order valence-corrected chi connectivity index (χ2v) is 3.70. The molecule has 0 aromatic rings. The third-order valence-corrected chi connectivity index (χ3v) is 2.48. The van der Waals surface area contributed by atoms with Crippen LogP contribution in [0.4, 0.5) is 0 Å². The Morgan fingerprint density at radius 3 is 2.82 bits per heavy atom. The lowest BCUT2D eigenvalue weighted by Gasteiger charge is -2.05. The van der Waals surface area contributed by atoms with Gasteiger partial charge in [0.1, 0.15) is 0 Å². The maximum absolute atomic E-state index is 3.44. The van der Waals surface area contributed by atoms with Gasteiger partial charge in [0.25, 0.3) is 0 Å². The van der Waals surface area contributed by atoms with Gasteiger partial charge in [-0.3, -0.25) is 0 Å². The zero-order valence-corrected chi connectivity index (χ0v) is 8.44. The van der Waals surface area contributed by atoms with E-state index in [9.17, 15) is 0 Å². The van der Waals surface area contributed by atoms with Crippen LogP contribution < -0.4 is 0 Å². The van der Waals surface area contributed by atoms with Crippen molar-refractivity contribution in [2.75, 3.05) is 5.33 Å². The summed E-state index contributed by atoms with van der Waals surface area (Å²) < 4.78 is 0. The van der Waals surface area contributed by atoms with E-state index in [4.69, 9.17) is 0 Å². The highest BCUT2D eigenvalue weighted by Gasteiger charge is 1.96. The van der Waals surface area contributed by atoms with Gasteiger partial charge in [0.2, 0.25) is 0 Å². The van der Waals surface area contributed by atoms with Crippen LogP contribution in [-0.2, 0) is 0 Å². The fourth-order valence-electron chi connectivity index (χ4n) is 1.28. The molecule has 0 saturated carbocycles. The largest absolute Gasteiger partial charge is 0.0928 e. The molecule has 0 N–H and O–H groups in total. The van der Waals surface area contributed by atoms with E-state index in [1.165, 1.54) is 37.7 Å². The van der Waals surface area contributed by atoms with Crippen molar-refractivity contribution in [2.45, 2.75) is 32.1 Å². The van der Waals surface area contributed by atoms with Crippen LogP contribution in [0.15, 0.2) is 23.8 Å². The van der Waals surface area contributed by atoms with Crippen molar-refractivity contribution in [1.29, 1.82) is 0 Å². The standard InChI is InChI=1S/C10H15Br/c11-9-5-4-8-10-6-2-1-3-7-10/h2,6-7H,1,3-5,8-9H2. The zero-order chi connectivity index (χ0) is 7.94. The third-order valence-electron chi connectivity index (χ3n) is 1.92. The van der Waals surface area contributed by atoms with E-state index in [0.717, 1.165) is 5.33 Å². The van der Waals surface area contributed by atoms with Gasteiger partial charge in [-0.25, -0.2) is 0 Å². The monoisotopic (exact) mass is 214 g/mol. The van der Waals surface area contributed by atoms with E-state index in [1.807, 2.05) is 0 Å². The lowest BCUT2D eigenvalue weighted by atomic mass is 10.0. The zero-order valence-electron chi connectivity index (χ0n) is 6.85. The van der Waals surface area contributed by atoms with E-state index in [2.05, 4.69) is 34.2 Å². The van der Waals surface area contributed by atoms with E-state index >= 15 is 0 Å². The van der Waals surface area contributed by atoms with Gasteiger partial charge in [-0.15, -0.1) is 0 Å². The first-order valence-corrected chi connectivity index (χ1v) is 5.47. The highest BCUT2D eigenvalue weighted by molar-refractivity contribution is 9.09. The Morgan fingerprint density at radius 2 is 2.18 bits per heavy atom. The Labute approximate surface area is 77.5 Å². The van der Waals surface area contributed by atoms with Crippen molar-refractivity contribution in [3.05, 3.63) is 23.8 Å². The van der Waals surface area contributed by atoms with Gasteiger partial charge in [-0.05, 0) is 32.1 Å². The number of unbranched alkanes of at least 4 members (excludes halogenated alkanes) is 1. The molecule has 0 unspecified atom stereocenters. The number of hydrogen-bond acceptors (Lipinski definition) is 0. The fraction of sp³-hybridized carbons (Fsp3) is 0.600. The lowest BCUT2D eigenvalue weighted by molar-refractivity contribution is 0.799. The minimum atomic E-state index is 1.14. The Balaban J connectivity index is 2.15. The molecule has 1 rings (SSSR count). The van der Waals surface area contributed by atoms with Gasteiger partial charge in [-0.2, -0.15) is 0 Å². The third kappa shape index (κ3) is 3.76. The Morgan fingerprint density at radius 1 is 1.27 bits per heavy atom. The molecule has 0 aromatic carbocycles. The van der Waals surface area contributed by atoms with Gasteiger partial charge in [0, 0.05) is 5.33 Å². The highest BCUT2D eigenvalue weighted by atomic mass is 79.9. The molecule has 1 aliphatic rings. The molecular formula is C10H15Br. The summed E-state index contributed by atoms with van der Waals surface area (Å²) in [6, 6.07) is 0. The van der Waals surface area contributed by atoms with Gasteiger partial charge in [0.15, 0.2) is 0 Å². The second kappa shape index (κ2) is 5.59. The molecule has 0 radical (unpaired) electrons. The molecule has 0 fully saturated rings. The summed E-state index contributed by atoms with van der Waals surface area (Å²) in [6.07, 6.45) is 13.3. The maximum atomic E-state index is 3.44. The molecule has 0 nitrogen and oxygen atoms in total. The predicted octanol–water partition coefficient (Wildman–Crippen LogP) is 3.83. The SMILES string of the molecule is BrCCCCC1=CCCC=C1. The molecule has 1 heteroatoms. The first-order valence-electron chi connectivity index (χ1n) is 4.35. The molecule has 0 heterocycles. The Bertz CT molecular complexity index is 156. The minimum absolute atomic E-state index is 1.14. The number of alkyl halides is 1. The number of rotatable bonds is 4. The van der Waals surface area contributed by atoms with Gasteiger partial charge < -0.3 is 0 Å². The average molecular weight is 215 g/mol. The smallest absolute Gasteiger partial charge is 0.00314 e. The van der Waals surface area contributed by atoms with Gasteiger partial charge >= 0.3 is 0 Å². The van der Waals surface area contributed by atoms with Crippen molar-refractivity contribution < 1.29 is 0 Å². The molecule has 0 bridgehead atoms. The van der Waals surface area contributed by atoms with Crippen LogP contribution in [0.3, 0.4) is 0 Å². The van der Waals surface area contributed by atoms with Crippen LogP contribution in [-0.4, -0.2) is 5.33 Å². The molecule has 1 aliphatic carbocycles. The molecule has 11 heavy (non-hydrogen) atoms. The minimum Gasteiger partial charge on any atom is -0.0928 e. The normalized spacial score (nSPS) is 16.6. The summed E-state index contributed by atoms with van der Waals surface area (Å²) in [5.74, 6) is 0. The van der Waals surface area contributed by atoms with Crippen molar-refractivity contribution in [1.82, 2.24) is 0 Å². The number of hydrogen-bond donors (Lipinski definition) is 0. The summed E-state index contributed by atoms with van der Waals surface area (Å²) in [4.78, 5) is 0. The molecule has 0 spiro atoms. The summed E-state index contributed by atoms with van der Waals surface area (Å²) in [5.41, 5.74) is 1.54. The van der Waals surface area contributed by atoms with E-state index in [0.29, 0.717) is 0 Å². The van der Waals surface area contributed by atoms with Crippen molar-refractivity contribution in [3.63, 3.8) is 0 Å². The van der Waals surface area contributed by atoms with E-state index in [-0.39, 0.29) is 0 Å². The van der Waals surface area contributed by atoms with E-state index in [1.54, 1.807) is 0 Å². The average Bonchev–Trinajstić information content (AvgIpc) is 2.07. The Kier molecular flexibility index (Phi) is 4.60. The van der Waals surface area contributed by atoms with Crippen LogP contribution in [0.1, 0.15) is 32.1 Å². The first kappa shape index (κ1) is 9.05. The molecule has 0 atom stereocenters. The van der Waals surface area contributed by atoms with Crippen LogP contribution >= 0.6 is 15.9 Å². The molecule has 0 saturated heterocycles. The summed E-state index contributed by atoms with van der Waals surface area (Å²) in [7, 11) is 0. The van der Waals surface area contributed by atoms with Gasteiger partial charge in [0.05, 0.1) is 0 Å². The predicted molar refractivity (Wildman–Crippen MR) is 54.1 cm³/mol. The topological polar surface area (TPSA) is 0 Å². The quantitative estimate of drug-likeness (QED) is 0.493. The van der Waals surface area contributed by atoms with Crippen LogP contribution in [0, 0.1) is 0 Å². The molecule has 0 amide bonds. The van der Waals surface area contributed by atoms with Crippen molar-refractivity contribution >= 4 is 15.9 Å². The molecular weight excluding hydrogens is 200 g/mol. The van der Waals surface area contributed by atoms with Crippen LogP contribution in [0.5, 0.6) is 0 Å². The van der Waals surface area contributed by atoms with Crippen LogP contribution in [0.2, 0.25) is 0 Å². The lowest BCUT2D eigenvalue weighted by Crippen LogP contribution is -1.85. The van der Waals surface area contributed by atoms with Crippen molar-refractivity contribution in [2.24, 2.45) is 0 Å². The van der Waals surface area contributed by atoms with Crippen LogP contribution in [0.25, 0.3) is 0 Å². The summed E-state index contributed by atoms with van der Waals surface area (Å²) >= 11 is 3.44. The van der Waals surface area contributed by atoms with Crippen molar-refractivity contribution in [3.8, 4) is 0 Å². The van der Waals surface area contributed by atoms with Gasteiger partial charge in [-0.1, -0.05) is 39.7 Å². The molecule has 62 valence electrons.